The Bertz CT molecular complexity index is 116. The van der Waals surface area contributed by atoms with Crippen LogP contribution < -0.4 is 0 Å². The van der Waals surface area contributed by atoms with Gasteiger partial charge >= 0.3 is 0 Å². The van der Waals surface area contributed by atoms with E-state index < -0.39 is 0 Å². The topological polar surface area (TPSA) is 38.7 Å². The van der Waals surface area contributed by atoms with E-state index in [1.807, 2.05) is 0 Å². The predicted molar refractivity (Wildman–Crippen MR) is 66.1 cm³/mol. The van der Waals surface area contributed by atoms with Crippen molar-refractivity contribution in [3.05, 3.63) is 0 Å². The fourth-order valence-electron chi connectivity index (χ4n) is 1.47. The molecule has 1 rings (SSSR count). The Morgan fingerprint density at radius 1 is 0.875 bits per heavy atom. The summed E-state index contributed by atoms with van der Waals surface area (Å²) in [6.07, 6.45) is 9.97. The van der Waals surface area contributed by atoms with Gasteiger partial charge < -0.3 is 5.11 Å². The summed E-state index contributed by atoms with van der Waals surface area (Å²) in [6, 6.07) is 0. The molecule has 1 fully saturated rings. The molecule has 3 heteroatoms. The molecule has 98 valence electrons. The van der Waals surface area contributed by atoms with Crippen molar-refractivity contribution in [2.45, 2.75) is 58.8 Å². The number of aliphatic hydroxyl groups is 1. The minimum atomic E-state index is 0.167. The molecule has 0 amide bonds. The standard InChI is InChI=1S/C9H20.C4H8O3/c1-3-5-7-9-8-6-4-2;5-1-4-2-6-7-3-4/h3-9H2,1-2H3;4-5H,1-3H2. The molecular weight excluding hydrogens is 204 g/mol. The van der Waals surface area contributed by atoms with Crippen LogP contribution in [0.5, 0.6) is 0 Å². The maximum absolute atomic E-state index is 8.41. The molecule has 1 heterocycles. The van der Waals surface area contributed by atoms with Crippen LogP contribution in [0.4, 0.5) is 0 Å². The fraction of sp³-hybridized carbons (Fsp3) is 1.00. The summed E-state index contributed by atoms with van der Waals surface area (Å²) in [6.45, 7) is 5.77. The summed E-state index contributed by atoms with van der Waals surface area (Å²) in [7, 11) is 0. The molecule has 1 aliphatic heterocycles. The summed E-state index contributed by atoms with van der Waals surface area (Å²) < 4.78 is 0. The first-order valence-corrected chi connectivity index (χ1v) is 6.70. The second kappa shape index (κ2) is 12.9. The predicted octanol–water partition coefficient (Wildman–Crippen LogP) is 3.31. The maximum atomic E-state index is 8.41. The molecule has 16 heavy (non-hydrogen) atoms. The van der Waals surface area contributed by atoms with E-state index in [0.29, 0.717) is 13.2 Å². The second-order valence-electron chi connectivity index (χ2n) is 4.39. The highest BCUT2D eigenvalue weighted by Gasteiger charge is 2.14. The van der Waals surface area contributed by atoms with Gasteiger partial charge in [0.15, 0.2) is 0 Å². The van der Waals surface area contributed by atoms with Gasteiger partial charge in [-0.2, -0.15) is 0 Å². The third-order valence-electron chi connectivity index (χ3n) is 2.66. The van der Waals surface area contributed by atoms with Gasteiger partial charge in [-0.05, 0) is 0 Å². The van der Waals surface area contributed by atoms with Crippen LogP contribution in [0.2, 0.25) is 0 Å². The number of aliphatic hydroxyl groups excluding tert-OH is 1. The van der Waals surface area contributed by atoms with Crippen molar-refractivity contribution in [1.29, 1.82) is 0 Å². The van der Waals surface area contributed by atoms with Gasteiger partial charge in [0.05, 0.1) is 19.8 Å². The Hall–Kier alpha value is -0.120. The van der Waals surface area contributed by atoms with Crippen molar-refractivity contribution < 1.29 is 14.9 Å². The average Bonchev–Trinajstić information content (AvgIpc) is 2.83. The first-order chi connectivity index (χ1) is 7.85. The lowest BCUT2D eigenvalue weighted by Crippen LogP contribution is -2.07. The largest absolute Gasteiger partial charge is 0.396 e. The van der Waals surface area contributed by atoms with E-state index in [9.17, 15) is 0 Å². The van der Waals surface area contributed by atoms with Gasteiger partial charge in [-0.25, -0.2) is 9.78 Å². The zero-order valence-electron chi connectivity index (χ0n) is 10.9. The van der Waals surface area contributed by atoms with Crippen molar-refractivity contribution in [3.63, 3.8) is 0 Å². The minimum Gasteiger partial charge on any atom is -0.396 e. The van der Waals surface area contributed by atoms with Crippen LogP contribution in [0.1, 0.15) is 58.8 Å². The van der Waals surface area contributed by atoms with E-state index in [-0.39, 0.29) is 12.5 Å². The summed E-state index contributed by atoms with van der Waals surface area (Å²) in [5, 5.41) is 8.41. The average molecular weight is 232 g/mol. The van der Waals surface area contributed by atoms with Gasteiger partial charge in [-0.15, -0.1) is 0 Å². The Kier molecular flexibility index (Phi) is 12.9. The van der Waals surface area contributed by atoms with Gasteiger partial charge in [-0.1, -0.05) is 58.8 Å². The van der Waals surface area contributed by atoms with Gasteiger partial charge in [0.1, 0.15) is 0 Å². The molecule has 0 saturated carbocycles. The summed E-state index contributed by atoms with van der Waals surface area (Å²) in [4.78, 5) is 8.98. The Morgan fingerprint density at radius 3 is 1.62 bits per heavy atom. The van der Waals surface area contributed by atoms with E-state index >= 15 is 0 Å². The molecular formula is C13H28O3. The first-order valence-electron chi connectivity index (χ1n) is 6.70. The van der Waals surface area contributed by atoms with E-state index in [4.69, 9.17) is 5.11 Å². The molecule has 1 aliphatic rings. The molecule has 0 atom stereocenters. The van der Waals surface area contributed by atoms with Crippen LogP contribution in [0.15, 0.2) is 0 Å². The number of hydrogen-bond acceptors (Lipinski definition) is 3. The highest BCUT2D eigenvalue weighted by atomic mass is 17.2. The van der Waals surface area contributed by atoms with Crippen molar-refractivity contribution >= 4 is 0 Å². The molecule has 0 radical (unpaired) electrons. The van der Waals surface area contributed by atoms with Crippen LogP contribution >= 0.6 is 0 Å². The second-order valence-corrected chi connectivity index (χ2v) is 4.39. The van der Waals surface area contributed by atoms with E-state index in [1.54, 1.807) is 0 Å². The molecule has 0 aromatic carbocycles. The molecule has 0 bridgehead atoms. The van der Waals surface area contributed by atoms with E-state index in [0.717, 1.165) is 0 Å². The van der Waals surface area contributed by atoms with Gasteiger partial charge in [-0.3, -0.25) is 0 Å². The zero-order chi connectivity index (χ0) is 12.1. The Labute approximate surface area is 100 Å². The molecule has 0 spiro atoms. The van der Waals surface area contributed by atoms with Crippen LogP contribution in [0, 0.1) is 5.92 Å². The van der Waals surface area contributed by atoms with Crippen molar-refractivity contribution in [1.82, 2.24) is 0 Å². The smallest absolute Gasteiger partial charge is 0.0895 e. The van der Waals surface area contributed by atoms with Crippen molar-refractivity contribution in [2.24, 2.45) is 5.92 Å². The maximum Gasteiger partial charge on any atom is 0.0895 e. The van der Waals surface area contributed by atoms with E-state index in [1.165, 1.54) is 44.9 Å². The molecule has 3 nitrogen and oxygen atoms in total. The van der Waals surface area contributed by atoms with E-state index in [2.05, 4.69) is 23.6 Å². The highest BCUT2D eigenvalue weighted by Crippen LogP contribution is 2.06. The minimum absolute atomic E-state index is 0.167. The third kappa shape index (κ3) is 10.4. The van der Waals surface area contributed by atoms with Crippen LogP contribution in [0.25, 0.3) is 0 Å². The fourth-order valence-corrected chi connectivity index (χ4v) is 1.47. The molecule has 0 aromatic heterocycles. The molecule has 0 aromatic rings. The molecule has 0 unspecified atom stereocenters. The summed E-state index contributed by atoms with van der Waals surface area (Å²) in [5.41, 5.74) is 0. The SMILES string of the molecule is CCCCCCCCC.OCC1COOC1. The highest BCUT2D eigenvalue weighted by molar-refractivity contribution is 4.54. The summed E-state index contributed by atoms with van der Waals surface area (Å²) in [5.74, 6) is 0.208. The lowest BCUT2D eigenvalue weighted by Gasteiger charge is -1.96. The number of hydrogen-bond donors (Lipinski definition) is 1. The van der Waals surface area contributed by atoms with Crippen molar-refractivity contribution in [3.8, 4) is 0 Å². The van der Waals surface area contributed by atoms with Gasteiger partial charge in [0.2, 0.25) is 0 Å². The molecule has 1 saturated heterocycles. The van der Waals surface area contributed by atoms with Crippen LogP contribution in [-0.2, 0) is 9.78 Å². The van der Waals surface area contributed by atoms with Crippen LogP contribution in [0.3, 0.4) is 0 Å². The molecule has 1 N–H and O–H groups in total. The summed E-state index contributed by atoms with van der Waals surface area (Å²) >= 11 is 0. The van der Waals surface area contributed by atoms with Crippen LogP contribution in [-0.4, -0.2) is 24.9 Å². The lowest BCUT2D eigenvalue weighted by molar-refractivity contribution is -0.248. The Balaban J connectivity index is 0.000000288. The lowest BCUT2D eigenvalue weighted by atomic mass is 10.1. The Morgan fingerprint density at radius 2 is 1.31 bits per heavy atom. The van der Waals surface area contributed by atoms with Crippen molar-refractivity contribution in [2.75, 3.05) is 19.8 Å². The quantitative estimate of drug-likeness (QED) is 0.540. The van der Waals surface area contributed by atoms with Gasteiger partial charge in [0.25, 0.3) is 0 Å². The molecule has 0 aliphatic carbocycles. The number of rotatable bonds is 7. The number of unbranched alkanes of at least 4 members (excludes halogenated alkanes) is 6. The first kappa shape index (κ1) is 15.9. The third-order valence-corrected chi connectivity index (χ3v) is 2.66. The monoisotopic (exact) mass is 232 g/mol. The zero-order valence-corrected chi connectivity index (χ0v) is 10.9. The van der Waals surface area contributed by atoms with Gasteiger partial charge in [0, 0.05) is 5.92 Å². The normalized spacial score (nSPS) is 15.9.